The lowest BCUT2D eigenvalue weighted by Crippen LogP contribution is -2.45. The molecule has 1 heterocycles. The van der Waals surface area contributed by atoms with E-state index in [9.17, 15) is 0 Å². The van der Waals surface area contributed by atoms with E-state index in [0.717, 1.165) is 13.1 Å². The van der Waals surface area contributed by atoms with Crippen LogP contribution in [0, 0.1) is 3.57 Å². The maximum atomic E-state index is 3.45. The Labute approximate surface area is 124 Å². The van der Waals surface area contributed by atoms with Gasteiger partial charge in [0.1, 0.15) is 0 Å². The second-order valence-corrected chi connectivity index (χ2v) is 6.13. The molecule has 100 valence electrons. The Morgan fingerprint density at radius 3 is 2.67 bits per heavy atom. The number of halogens is 1. The highest BCUT2D eigenvalue weighted by Crippen LogP contribution is 2.29. The van der Waals surface area contributed by atoms with Crippen LogP contribution in [-0.2, 0) is 0 Å². The van der Waals surface area contributed by atoms with Crippen LogP contribution in [0.1, 0.15) is 37.8 Å². The van der Waals surface area contributed by atoms with Gasteiger partial charge in [-0.1, -0.05) is 38.0 Å². The van der Waals surface area contributed by atoms with Gasteiger partial charge in [0.15, 0.2) is 0 Å². The maximum absolute atomic E-state index is 3.45. The minimum absolute atomic E-state index is 0.611. The molecular formula is C15H23IN2. The van der Waals surface area contributed by atoms with Crippen LogP contribution in [0.2, 0.25) is 0 Å². The Bertz CT molecular complexity index is 361. The molecule has 0 aliphatic carbocycles. The van der Waals surface area contributed by atoms with E-state index in [1.807, 2.05) is 0 Å². The minimum Gasteiger partial charge on any atom is -0.314 e. The molecule has 1 saturated heterocycles. The predicted molar refractivity (Wildman–Crippen MR) is 85.9 cm³/mol. The first-order valence-corrected chi connectivity index (χ1v) is 8.10. The number of benzene rings is 1. The number of hydrogen-bond donors (Lipinski definition) is 1. The van der Waals surface area contributed by atoms with E-state index in [1.54, 1.807) is 0 Å². The van der Waals surface area contributed by atoms with Crippen LogP contribution < -0.4 is 5.32 Å². The van der Waals surface area contributed by atoms with Crippen molar-refractivity contribution < 1.29 is 0 Å². The van der Waals surface area contributed by atoms with E-state index >= 15 is 0 Å². The summed E-state index contributed by atoms with van der Waals surface area (Å²) in [5.74, 6) is 0. The van der Waals surface area contributed by atoms with Crippen molar-refractivity contribution in [2.45, 2.75) is 32.2 Å². The third-order valence-electron chi connectivity index (χ3n) is 3.69. The second kappa shape index (κ2) is 7.46. The number of unbranched alkanes of at least 4 members (excludes halogenated alkanes) is 1. The Morgan fingerprint density at radius 2 is 2.00 bits per heavy atom. The molecule has 1 aliphatic heterocycles. The summed E-state index contributed by atoms with van der Waals surface area (Å²) in [6, 6.07) is 9.47. The normalized spacial score (nSPS) is 18.8. The van der Waals surface area contributed by atoms with E-state index in [4.69, 9.17) is 0 Å². The molecular weight excluding hydrogens is 335 g/mol. The highest BCUT2D eigenvalue weighted by molar-refractivity contribution is 14.1. The largest absolute Gasteiger partial charge is 0.314 e. The maximum Gasteiger partial charge on any atom is 0.0359 e. The number of rotatable bonds is 5. The van der Waals surface area contributed by atoms with Gasteiger partial charge in [-0.25, -0.2) is 0 Å². The standard InChI is InChI=1S/C15H23IN2/c1-2-3-8-15(18-11-9-17-10-12-18)13-6-4-5-7-14(13)16/h4-7,15,17H,2-3,8-12H2,1H3/t15-/m0/s1. The number of piperazine rings is 1. The Hall–Kier alpha value is -0.130. The summed E-state index contributed by atoms with van der Waals surface area (Å²) < 4.78 is 1.41. The van der Waals surface area contributed by atoms with Crippen molar-refractivity contribution >= 4 is 22.6 Å². The SMILES string of the molecule is CCCC[C@@H](c1ccccc1I)N1CCNCC1. The molecule has 0 radical (unpaired) electrons. The van der Waals surface area contributed by atoms with E-state index in [1.165, 1.54) is 41.5 Å². The predicted octanol–water partition coefficient (Wildman–Crippen LogP) is 3.43. The van der Waals surface area contributed by atoms with Gasteiger partial charge < -0.3 is 5.32 Å². The van der Waals surface area contributed by atoms with Crippen LogP contribution in [0.5, 0.6) is 0 Å². The molecule has 18 heavy (non-hydrogen) atoms. The lowest BCUT2D eigenvalue weighted by atomic mass is 9.99. The summed E-state index contributed by atoms with van der Waals surface area (Å²) in [6.45, 7) is 6.90. The zero-order chi connectivity index (χ0) is 12.8. The average molecular weight is 358 g/mol. The van der Waals surface area contributed by atoms with Gasteiger partial charge in [0, 0.05) is 35.8 Å². The molecule has 2 rings (SSSR count). The van der Waals surface area contributed by atoms with Crippen molar-refractivity contribution in [1.82, 2.24) is 10.2 Å². The van der Waals surface area contributed by atoms with E-state index in [-0.39, 0.29) is 0 Å². The summed E-state index contributed by atoms with van der Waals surface area (Å²) >= 11 is 2.48. The van der Waals surface area contributed by atoms with Crippen molar-refractivity contribution in [2.24, 2.45) is 0 Å². The summed E-state index contributed by atoms with van der Waals surface area (Å²) in [5, 5.41) is 3.45. The topological polar surface area (TPSA) is 15.3 Å². The molecule has 3 heteroatoms. The van der Waals surface area contributed by atoms with Crippen molar-refractivity contribution in [1.29, 1.82) is 0 Å². The van der Waals surface area contributed by atoms with E-state index in [0.29, 0.717) is 6.04 Å². The third-order valence-corrected chi connectivity index (χ3v) is 4.67. The van der Waals surface area contributed by atoms with Gasteiger partial charge in [0.2, 0.25) is 0 Å². The molecule has 1 atom stereocenters. The molecule has 0 amide bonds. The molecule has 0 spiro atoms. The van der Waals surface area contributed by atoms with E-state index in [2.05, 4.69) is 64.0 Å². The average Bonchev–Trinajstić information content (AvgIpc) is 2.42. The molecule has 2 nitrogen and oxygen atoms in total. The lowest BCUT2D eigenvalue weighted by molar-refractivity contribution is 0.162. The summed E-state index contributed by atoms with van der Waals surface area (Å²) in [6.07, 6.45) is 3.89. The van der Waals surface area contributed by atoms with Gasteiger partial charge in [-0.05, 0) is 40.6 Å². The van der Waals surface area contributed by atoms with Gasteiger partial charge >= 0.3 is 0 Å². The molecule has 0 saturated carbocycles. The lowest BCUT2D eigenvalue weighted by Gasteiger charge is -2.35. The Morgan fingerprint density at radius 1 is 1.28 bits per heavy atom. The molecule has 0 unspecified atom stereocenters. The smallest absolute Gasteiger partial charge is 0.0359 e. The van der Waals surface area contributed by atoms with E-state index < -0.39 is 0 Å². The van der Waals surface area contributed by atoms with Crippen LogP contribution in [0.15, 0.2) is 24.3 Å². The number of nitrogens with zero attached hydrogens (tertiary/aromatic N) is 1. The van der Waals surface area contributed by atoms with Crippen LogP contribution >= 0.6 is 22.6 Å². The first kappa shape index (κ1) is 14.3. The highest BCUT2D eigenvalue weighted by Gasteiger charge is 2.22. The molecule has 1 fully saturated rings. The summed E-state index contributed by atoms with van der Waals surface area (Å²) in [7, 11) is 0. The molecule has 0 aromatic heterocycles. The van der Waals surface area contributed by atoms with Crippen molar-refractivity contribution in [3.05, 3.63) is 33.4 Å². The first-order valence-electron chi connectivity index (χ1n) is 7.02. The minimum atomic E-state index is 0.611. The molecule has 1 N–H and O–H groups in total. The molecule has 1 aliphatic rings. The van der Waals surface area contributed by atoms with Crippen molar-refractivity contribution in [3.8, 4) is 0 Å². The molecule has 0 bridgehead atoms. The highest BCUT2D eigenvalue weighted by atomic mass is 127. The molecule has 1 aromatic carbocycles. The van der Waals surface area contributed by atoms with Gasteiger partial charge in [-0.3, -0.25) is 4.90 Å². The summed E-state index contributed by atoms with van der Waals surface area (Å²) in [5.41, 5.74) is 1.52. The zero-order valence-corrected chi connectivity index (χ0v) is 13.3. The van der Waals surface area contributed by atoms with Crippen LogP contribution in [0.25, 0.3) is 0 Å². The van der Waals surface area contributed by atoms with Crippen molar-refractivity contribution in [3.63, 3.8) is 0 Å². The fourth-order valence-corrected chi connectivity index (χ4v) is 3.42. The van der Waals surface area contributed by atoms with Gasteiger partial charge in [0.05, 0.1) is 0 Å². The number of hydrogen-bond acceptors (Lipinski definition) is 2. The monoisotopic (exact) mass is 358 g/mol. The van der Waals surface area contributed by atoms with Gasteiger partial charge in [0.25, 0.3) is 0 Å². The van der Waals surface area contributed by atoms with Crippen LogP contribution in [-0.4, -0.2) is 31.1 Å². The van der Waals surface area contributed by atoms with Crippen molar-refractivity contribution in [2.75, 3.05) is 26.2 Å². The van der Waals surface area contributed by atoms with Crippen LogP contribution in [0.4, 0.5) is 0 Å². The first-order chi connectivity index (χ1) is 8.83. The Balaban J connectivity index is 2.15. The van der Waals surface area contributed by atoms with Crippen LogP contribution in [0.3, 0.4) is 0 Å². The quantitative estimate of drug-likeness (QED) is 0.812. The second-order valence-electron chi connectivity index (χ2n) is 4.97. The van der Waals surface area contributed by atoms with Gasteiger partial charge in [-0.2, -0.15) is 0 Å². The fraction of sp³-hybridized carbons (Fsp3) is 0.600. The Kier molecular flexibility index (Phi) is 5.92. The van der Waals surface area contributed by atoms with Gasteiger partial charge in [-0.15, -0.1) is 0 Å². The fourth-order valence-electron chi connectivity index (χ4n) is 2.67. The molecule has 1 aromatic rings. The zero-order valence-electron chi connectivity index (χ0n) is 11.2. The summed E-state index contributed by atoms with van der Waals surface area (Å²) in [4.78, 5) is 2.66. The number of nitrogens with one attached hydrogen (secondary N) is 1. The third kappa shape index (κ3) is 3.68.